The van der Waals surface area contributed by atoms with Crippen LogP contribution in [0.15, 0.2) is 17.0 Å². The van der Waals surface area contributed by atoms with Crippen LogP contribution >= 0.6 is 32.9 Å². The molecule has 0 aliphatic heterocycles. The number of halogens is 2. The molecule has 0 atom stereocenters. The van der Waals surface area contributed by atoms with Crippen molar-refractivity contribution in [2.45, 2.75) is 6.42 Å². The zero-order valence-corrected chi connectivity index (χ0v) is 9.13. The van der Waals surface area contributed by atoms with Gasteiger partial charge in [0.15, 0.2) is 0 Å². The molecule has 0 bridgehead atoms. The molecule has 0 radical (unpaired) electrons. The minimum absolute atomic E-state index is 0. The molecular weight excluding hydrogens is 274 g/mol. The average molecular weight is 283 g/mol. The lowest BCUT2D eigenvalue weighted by Gasteiger charge is -1.95. The predicted molar refractivity (Wildman–Crippen MR) is 52.8 cm³/mol. The molecule has 1 aromatic rings. The summed E-state index contributed by atoms with van der Waals surface area (Å²) in [4.78, 5) is 7.90. The summed E-state index contributed by atoms with van der Waals surface area (Å²) in [5, 5.41) is 0. The van der Waals surface area contributed by atoms with E-state index in [2.05, 4.69) is 25.9 Å². The number of nitrogens with two attached hydrogens (primary N) is 1. The van der Waals surface area contributed by atoms with Crippen LogP contribution < -0.4 is 5.73 Å². The minimum Gasteiger partial charge on any atom is -0.330 e. The van der Waals surface area contributed by atoms with Crippen LogP contribution in [0.1, 0.15) is 5.69 Å². The number of rotatable bonds is 2. The summed E-state index contributed by atoms with van der Waals surface area (Å²) in [6.07, 6.45) is 2.33. The van der Waals surface area contributed by atoms with Gasteiger partial charge in [-0.3, -0.25) is 0 Å². The maximum absolute atomic E-state index is 5.33. The van der Waals surface area contributed by atoms with E-state index >= 15 is 0 Å². The Bertz CT molecular complexity index is 217. The molecule has 0 saturated heterocycles. The summed E-state index contributed by atoms with van der Waals surface area (Å²) in [6.45, 7) is 0.628. The Balaban J connectivity index is 0.000001000. The van der Waals surface area contributed by atoms with Gasteiger partial charge in [0.2, 0.25) is 0 Å². The molecule has 1 aromatic heterocycles. The molecule has 0 aromatic carbocycles. The summed E-state index contributed by atoms with van der Waals surface area (Å²) >= 11 is 3.24. The van der Waals surface area contributed by atoms with E-state index in [1.807, 2.05) is 6.07 Å². The van der Waals surface area contributed by atoms with Crippen LogP contribution in [0.3, 0.4) is 0 Å². The SMILES string of the molecule is Br.NCCc1cc(Br)ncn1. The van der Waals surface area contributed by atoms with Gasteiger partial charge in [0, 0.05) is 12.1 Å². The zero-order valence-electron chi connectivity index (χ0n) is 5.83. The van der Waals surface area contributed by atoms with Gasteiger partial charge in [0.05, 0.1) is 0 Å². The van der Waals surface area contributed by atoms with E-state index in [4.69, 9.17) is 5.73 Å². The molecule has 3 nitrogen and oxygen atoms in total. The second kappa shape index (κ2) is 5.62. The smallest absolute Gasteiger partial charge is 0.116 e. The highest BCUT2D eigenvalue weighted by Crippen LogP contribution is 2.04. The van der Waals surface area contributed by atoms with Crippen molar-refractivity contribution in [3.05, 3.63) is 22.7 Å². The molecule has 0 spiro atoms. The van der Waals surface area contributed by atoms with Gasteiger partial charge in [-0.15, -0.1) is 17.0 Å². The highest BCUT2D eigenvalue weighted by molar-refractivity contribution is 9.10. The van der Waals surface area contributed by atoms with Crippen molar-refractivity contribution in [1.82, 2.24) is 9.97 Å². The summed E-state index contributed by atoms with van der Waals surface area (Å²) in [5.41, 5.74) is 6.31. The average Bonchev–Trinajstić information content (AvgIpc) is 1.88. The predicted octanol–water partition coefficient (Wildman–Crippen LogP) is 1.32. The van der Waals surface area contributed by atoms with Crippen molar-refractivity contribution in [1.29, 1.82) is 0 Å². The quantitative estimate of drug-likeness (QED) is 0.833. The van der Waals surface area contributed by atoms with Crippen molar-refractivity contribution in [3.63, 3.8) is 0 Å². The number of nitrogens with zero attached hydrogens (tertiary/aromatic N) is 2. The Kier molecular flexibility index (Phi) is 5.62. The fourth-order valence-corrected chi connectivity index (χ4v) is 1.01. The molecule has 62 valence electrons. The molecule has 0 fully saturated rings. The van der Waals surface area contributed by atoms with Crippen LogP contribution in [0.4, 0.5) is 0 Å². The molecule has 5 heteroatoms. The molecule has 1 heterocycles. The topological polar surface area (TPSA) is 51.8 Å². The van der Waals surface area contributed by atoms with Gasteiger partial charge in [-0.1, -0.05) is 0 Å². The molecule has 2 N–H and O–H groups in total. The van der Waals surface area contributed by atoms with Gasteiger partial charge in [-0.05, 0) is 28.5 Å². The van der Waals surface area contributed by atoms with E-state index < -0.39 is 0 Å². The van der Waals surface area contributed by atoms with Gasteiger partial charge in [0.1, 0.15) is 10.9 Å². The second-order valence-corrected chi connectivity index (χ2v) is 2.68. The first-order chi connectivity index (χ1) is 4.83. The van der Waals surface area contributed by atoms with Gasteiger partial charge in [-0.25, -0.2) is 9.97 Å². The normalized spacial score (nSPS) is 8.91. The summed E-state index contributed by atoms with van der Waals surface area (Å²) in [7, 11) is 0. The Morgan fingerprint density at radius 1 is 1.45 bits per heavy atom. The van der Waals surface area contributed by atoms with Crippen molar-refractivity contribution in [2.75, 3.05) is 6.54 Å². The summed E-state index contributed by atoms with van der Waals surface area (Å²) in [5.74, 6) is 0. The fraction of sp³-hybridized carbons (Fsp3) is 0.333. The Morgan fingerprint density at radius 2 is 2.18 bits per heavy atom. The van der Waals surface area contributed by atoms with Crippen LogP contribution in [0, 0.1) is 0 Å². The largest absolute Gasteiger partial charge is 0.330 e. The summed E-state index contributed by atoms with van der Waals surface area (Å²) in [6, 6.07) is 1.87. The minimum atomic E-state index is 0. The van der Waals surface area contributed by atoms with Crippen molar-refractivity contribution >= 4 is 32.9 Å². The first-order valence-corrected chi connectivity index (χ1v) is 3.78. The zero-order chi connectivity index (χ0) is 7.40. The van der Waals surface area contributed by atoms with Gasteiger partial charge in [-0.2, -0.15) is 0 Å². The maximum Gasteiger partial charge on any atom is 0.116 e. The monoisotopic (exact) mass is 281 g/mol. The lowest BCUT2D eigenvalue weighted by Crippen LogP contribution is -2.04. The molecule has 0 amide bonds. The maximum atomic E-state index is 5.33. The first kappa shape index (κ1) is 11.0. The van der Waals surface area contributed by atoms with Gasteiger partial charge in [0.25, 0.3) is 0 Å². The van der Waals surface area contributed by atoms with Crippen LogP contribution in [0.2, 0.25) is 0 Å². The lowest BCUT2D eigenvalue weighted by atomic mass is 10.3. The van der Waals surface area contributed by atoms with Crippen molar-refractivity contribution in [3.8, 4) is 0 Å². The Labute approximate surface area is 84.3 Å². The third-order valence-corrected chi connectivity index (χ3v) is 1.52. The van der Waals surface area contributed by atoms with Crippen LogP contribution in [-0.4, -0.2) is 16.5 Å². The highest BCUT2D eigenvalue weighted by Gasteiger charge is 1.92. The van der Waals surface area contributed by atoms with E-state index in [9.17, 15) is 0 Å². The van der Waals surface area contributed by atoms with Crippen LogP contribution in [0.5, 0.6) is 0 Å². The number of hydrogen-bond donors (Lipinski definition) is 1. The molecule has 1 rings (SSSR count). The molecule has 0 aliphatic carbocycles. The molecular formula is C6H9Br2N3. The molecule has 11 heavy (non-hydrogen) atoms. The first-order valence-electron chi connectivity index (χ1n) is 2.99. The number of aromatic nitrogens is 2. The highest BCUT2D eigenvalue weighted by atomic mass is 79.9. The Morgan fingerprint density at radius 3 is 2.73 bits per heavy atom. The molecule has 0 saturated carbocycles. The third-order valence-electron chi connectivity index (χ3n) is 1.09. The van der Waals surface area contributed by atoms with Gasteiger partial charge < -0.3 is 5.73 Å². The molecule has 0 unspecified atom stereocenters. The van der Waals surface area contributed by atoms with E-state index in [1.54, 1.807) is 0 Å². The van der Waals surface area contributed by atoms with Gasteiger partial charge >= 0.3 is 0 Å². The van der Waals surface area contributed by atoms with E-state index in [1.165, 1.54) is 6.33 Å². The van der Waals surface area contributed by atoms with Crippen LogP contribution in [0.25, 0.3) is 0 Å². The van der Waals surface area contributed by atoms with E-state index in [0.29, 0.717) is 6.54 Å². The third kappa shape index (κ3) is 3.79. The standard InChI is InChI=1S/C6H8BrN3.BrH/c7-6-3-5(1-2-8)9-4-10-6;/h3-4H,1-2,8H2;1H. The summed E-state index contributed by atoms with van der Waals surface area (Å²) < 4.78 is 0.811. The molecule has 0 aliphatic rings. The van der Waals surface area contributed by atoms with Crippen molar-refractivity contribution < 1.29 is 0 Å². The van der Waals surface area contributed by atoms with Crippen molar-refractivity contribution in [2.24, 2.45) is 5.73 Å². The van der Waals surface area contributed by atoms with E-state index in [-0.39, 0.29) is 17.0 Å². The number of hydrogen-bond acceptors (Lipinski definition) is 3. The Hall–Kier alpha value is 0. The fourth-order valence-electron chi connectivity index (χ4n) is 0.655. The van der Waals surface area contributed by atoms with Crippen LogP contribution in [-0.2, 0) is 6.42 Å². The van der Waals surface area contributed by atoms with E-state index in [0.717, 1.165) is 16.7 Å². The second-order valence-electron chi connectivity index (χ2n) is 1.87. The lowest BCUT2D eigenvalue weighted by molar-refractivity contribution is 0.904.